The summed E-state index contributed by atoms with van der Waals surface area (Å²) in [6.07, 6.45) is 2.43. The standard InChI is InChI=1S/C14H17.2ClH.Zr/c1-4-5-13-11(3)6-7-12-8-10(2)9-14(12)13;;;/h6-9H,4-5H2,1-3H3;2*1H;/q-1;;;+3/p-2. The zero-order valence-corrected chi connectivity index (χ0v) is 14.4. The molecule has 2 aromatic carbocycles. The molecule has 0 aliphatic carbocycles. The molecule has 0 aliphatic rings. The first-order valence-electron chi connectivity index (χ1n) is 5.38. The van der Waals surface area contributed by atoms with Gasteiger partial charge in [-0.3, -0.25) is 0 Å². The van der Waals surface area contributed by atoms with Crippen molar-refractivity contribution < 1.29 is 51.0 Å². The summed E-state index contributed by atoms with van der Waals surface area (Å²) in [5.41, 5.74) is 4.35. The predicted molar refractivity (Wildman–Crippen MR) is 63.0 cm³/mol. The molecule has 0 nitrogen and oxygen atoms in total. The van der Waals surface area contributed by atoms with E-state index in [1.54, 1.807) is 0 Å². The largest absolute Gasteiger partial charge is 3.00 e. The minimum Gasteiger partial charge on any atom is -1.00 e. The van der Waals surface area contributed by atoms with Crippen LogP contribution in [0.4, 0.5) is 0 Å². The summed E-state index contributed by atoms with van der Waals surface area (Å²) in [5, 5.41) is 2.86. The molecule has 0 bridgehead atoms. The molecule has 0 N–H and O–H groups in total. The Balaban J connectivity index is 0. The van der Waals surface area contributed by atoms with Crippen LogP contribution in [0.3, 0.4) is 0 Å². The normalized spacial score (nSPS) is 9.12. The molecule has 0 saturated carbocycles. The summed E-state index contributed by atoms with van der Waals surface area (Å²) < 4.78 is 0. The van der Waals surface area contributed by atoms with Gasteiger partial charge < -0.3 is 24.8 Å². The van der Waals surface area contributed by atoms with Crippen molar-refractivity contribution in [1.29, 1.82) is 0 Å². The van der Waals surface area contributed by atoms with Crippen LogP contribution in [0.5, 0.6) is 0 Å². The molecule has 0 fully saturated rings. The second kappa shape index (κ2) is 8.40. The zero-order valence-electron chi connectivity index (χ0n) is 10.5. The van der Waals surface area contributed by atoms with Gasteiger partial charge in [0.15, 0.2) is 0 Å². The van der Waals surface area contributed by atoms with Crippen LogP contribution in [-0.4, -0.2) is 0 Å². The number of halogens is 2. The smallest absolute Gasteiger partial charge is 1.00 e. The SMILES string of the molecule is CCCc1c(C)ccc2[cH-]c(C)cc12.[Cl-].[Cl-].[Zr+3]. The van der Waals surface area contributed by atoms with Crippen LogP contribution >= 0.6 is 0 Å². The molecule has 0 heterocycles. The van der Waals surface area contributed by atoms with Crippen LogP contribution in [0.25, 0.3) is 10.8 Å². The molecule has 0 atom stereocenters. The van der Waals surface area contributed by atoms with E-state index in [4.69, 9.17) is 0 Å². The van der Waals surface area contributed by atoms with Crippen LogP contribution < -0.4 is 24.8 Å². The van der Waals surface area contributed by atoms with Gasteiger partial charge in [0, 0.05) is 0 Å². The van der Waals surface area contributed by atoms with E-state index in [1.165, 1.54) is 40.3 Å². The Morgan fingerprint density at radius 1 is 1.12 bits per heavy atom. The van der Waals surface area contributed by atoms with Gasteiger partial charge in [-0.15, -0.1) is 34.5 Å². The maximum Gasteiger partial charge on any atom is 3.00 e. The van der Waals surface area contributed by atoms with Crippen molar-refractivity contribution in [2.75, 3.05) is 0 Å². The fourth-order valence-electron chi connectivity index (χ4n) is 2.18. The summed E-state index contributed by atoms with van der Waals surface area (Å²) in [7, 11) is 0. The van der Waals surface area contributed by atoms with Crippen molar-refractivity contribution in [2.24, 2.45) is 0 Å². The monoisotopic (exact) mass is 345 g/mol. The molecule has 2 rings (SSSR count). The minimum atomic E-state index is 0. The van der Waals surface area contributed by atoms with Gasteiger partial charge in [0.05, 0.1) is 0 Å². The molecule has 0 aliphatic heterocycles. The van der Waals surface area contributed by atoms with Crippen molar-refractivity contribution in [2.45, 2.75) is 33.6 Å². The van der Waals surface area contributed by atoms with E-state index in [0.29, 0.717) is 0 Å². The van der Waals surface area contributed by atoms with E-state index >= 15 is 0 Å². The van der Waals surface area contributed by atoms with Gasteiger partial charge in [0.1, 0.15) is 0 Å². The fourth-order valence-corrected chi connectivity index (χ4v) is 2.18. The van der Waals surface area contributed by atoms with Gasteiger partial charge in [-0.05, 0) is 13.3 Å². The third-order valence-electron chi connectivity index (χ3n) is 2.88. The molecule has 0 spiro atoms. The Hall–Kier alpha value is 0.293. The van der Waals surface area contributed by atoms with Crippen LogP contribution in [0.15, 0.2) is 24.3 Å². The number of fused-ring (bicyclic) bond motifs is 1. The Labute approximate surface area is 135 Å². The third-order valence-corrected chi connectivity index (χ3v) is 2.88. The summed E-state index contributed by atoms with van der Waals surface area (Å²) in [5.74, 6) is 0. The average Bonchev–Trinajstić information content (AvgIpc) is 2.51. The molecule has 0 saturated heterocycles. The van der Waals surface area contributed by atoms with Crippen LogP contribution in [-0.2, 0) is 32.6 Å². The van der Waals surface area contributed by atoms with E-state index in [9.17, 15) is 0 Å². The summed E-state index contributed by atoms with van der Waals surface area (Å²) in [6, 6.07) is 9.06. The first kappa shape index (κ1) is 19.6. The molecule has 17 heavy (non-hydrogen) atoms. The van der Waals surface area contributed by atoms with Crippen LogP contribution in [0.1, 0.15) is 30.0 Å². The van der Waals surface area contributed by atoms with Gasteiger partial charge in [-0.1, -0.05) is 31.4 Å². The van der Waals surface area contributed by atoms with E-state index < -0.39 is 0 Å². The average molecular weight is 347 g/mol. The Morgan fingerprint density at radius 3 is 2.35 bits per heavy atom. The summed E-state index contributed by atoms with van der Waals surface area (Å²) in [4.78, 5) is 0. The fraction of sp³-hybridized carbons (Fsp3) is 0.357. The van der Waals surface area contributed by atoms with Crippen molar-refractivity contribution in [3.05, 3.63) is 41.0 Å². The Bertz CT molecular complexity index is 460. The van der Waals surface area contributed by atoms with Gasteiger partial charge in [0.25, 0.3) is 0 Å². The number of aryl methyl sites for hydroxylation is 3. The van der Waals surface area contributed by atoms with Crippen molar-refractivity contribution in [3.8, 4) is 0 Å². The third kappa shape index (κ3) is 4.16. The second-order valence-corrected chi connectivity index (χ2v) is 4.15. The van der Waals surface area contributed by atoms with Crippen molar-refractivity contribution in [3.63, 3.8) is 0 Å². The molecule has 0 unspecified atom stereocenters. The molecular weight excluding hydrogens is 330 g/mol. The first-order chi connectivity index (χ1) is 6.72. The number of rotatable bonds is 2. The molecule has 2 aromatic rings. The number of benzene rings is 1. The second-order valence-electron chi connectivity index (χ2n) is 4.15. The van der Waals surface area contributed by atoms with Crippen molar-refractivity contribution in [1.82, 2.24) is 0 Å². The minimum absolute atomic E-state index is 0. The Kier molecular flexibility index (Phi) is 9.70. The van der Waals surface area contributed by atoms with Gasteiger partial charge in [0.2, 0.25) is 0 Å². The molecule has 0 amide bonds. The predicted octanol–water partition coefficient (Wildman–Crippen LogP) is -1.87. The van der Waals surface area contributed by atoms with E-state index in [2.05, 4.69) is 45.0 Å². The van der Waals surface area contributed by atoms with Gasteiger partial charge in [-0.25, -0.2) is 0 Å². The van der Waals surface area contributed by atoms with Gasteiger partial charge >= 0.3 is 26.2 Å². The van der Waals surface area contributed by atoms with Crippen LogP contribution in [0.2, 0.25) is 0 Å². The number of hydrogen-bond donors (Lipinski definition) is 0. The van der Waals surface area contributed by atoms with Gasteiger partial charge in [-0.2, -0.15) is 6.07 Å². The van der Waals surface area contributed by atoms with E-state index in [0.717, 1.165) is 0 Å². The molecule has 91 valence electrons. The van der Waals surface area contributed by atoms with E-state index in [1.807, 2.05) is 0 Å². The maximum absolute atomic E-state index is 2.31. The Morgan fingerprint density at radius 2 is 1.76 bits per heavy atom. The summed E-state index contributed by atoms with van der Waals surface area (Å²) >= 11 is 0. The topological polar surface area (TPSA) is 0 Å². The van der Waals surface area contributed by atoms with Crippen LogP contribution in [0, 0.1) is 13.8 Å². The summed E-state index contributed by atoms with van der Waals surface area (Å²) in [6.45, 7) is 6.63. The molecule has 1 radical (unpaired) electrons. The van der Waals surface area contributed by atoms with Crippen molar-refractivity contribution >= 4 is 10.8 Å². The molecular formula is C14H17Cl2Zr. The number of hydrogen-bond acceptors (Lipinski definition) is 0. The molecule has 0 aromatic heterocycles. The molecule has 3 heteroatoms. The quantitative estimate of drug-likeness (QED) is 0.559. The van der Waals surface area contributed by atoms with E-state index in [-0.39, 0.29) is 51.0 Å². The first-order valence-corrected chi connectivity index (χ1v) is 5.38. The maximum atomic E-state index is 2.31. The zero-order chi connectivity index (χ0) is 10.1.